The Hall–Kier alpha value is -2.74. The van der Waals surface area contributed by atoms with Crippen LogP contribution < -0.4 is 16.8 Å². The molecule has 29 heavy (non-hydrogen) atoms. The van der Waals surface area contributed by atoms with Gasteiger partial charge in [-0.15, -0.1) is 0 Å². The van der Waals surface area contributed by atoms with E-state index >= 15 is 0 Å². The highest BCUT2D eigenvalue weighted by Gasteiger charge is 2.22. The van der Waals surface area contributed by atoms with Crippen LogP contribution in [0.25, 0.3) is 0 Å². The minimum absolute atomic E-state index is 0.218. The number of benzene rings is 1. The molecule has 0 spiro atoms. The van der Waals surface area contributed by atoms with E-state index in [0.29, 0.717) is 30.7 Å². The SMILES string of the molecule is CC(C)(O)c1ccc(CNC(=O)C2=C(OC3=CC(N)C(N)C=C3)N=CCC2)cc1. The van der Waals surface area contributed by atoms with E-state index in [4.69, 9.17) is 16.2 Å². The number of rotatable bonds is 6. The summed E-state index contributed by atoms with van der Waals surface area (Å²) in [4.78, 5) is 17.0. The van der Waals surface area contributed by atoms with Crippen molar-refractivity contribution >= 4 is 12.1 Å². The number of carbonyl (C=O) groups is 1. The Morgan fingerprint density at radius 2 is 2.00 bits per heavy atom. The lowest BCUT2D eigenvalue weighted by molar-refractivity contribution is -0.118. The Kier molecular flexibility index (Phi) is 6.32. The summed E-state index contributed by atoms with van der Waals surface area (Å²) in [7, 11) is 0. The number of aliphatic imine (C=N–C) groups is 1. The molecular formula is C22H28N4O3. The number of nitrogens with zero attached hydrogens (tertiary/aromatic N) is 1. The number of amides is 1. The van der Waals surface area contributed by atoms with E-state index in [0.717, 1.165) is 11.1 Å². The highest BCUT2D eigenvalue weighted by molar-refractivity contribution is 5.95. The lowest BCUT2D eigenvalue weighted by Gasteiger charge is -2.21. The smallest absolute Gasteiger partial charge is 0.252 e. The van der Waals surface area contributed by atoms with E-state index in [1.54, 1.807) is 38.3 Å². The average Bonchev–Trinajstić information content (AvgIpc) is 2.69. The second-order valence-electron chi connectivity index (χ2n) is 7.76. The van der Waals surface area contributed by atoms with E-state index in [-0.39, 0.29) is 23.9 Å². The van der Waals surface area contributed by atoms with Gasteiger partial charge in [0.05, 0.1) is 11.2 Å². The first-order valence-electron chi connectivity index (χ1n) is 9.69. The van der Waals surface area contributed by atoms with Crippen LogP contribution in [-0.2, 0) is 21.7 Å². The summed E-state index contributed by atoms with van der Waals surface area (Å²) in [6.45, 7) is 3.84. The highest BCUT2D eigenvalue weighted by atomic mass is 16.5. The molecule has 2 atom stereocenters. The highest BCUT2D eigenvalue weighted by Crippen LogP contribution is 2.23. The van der Waals surface area contributed by atoms with Gasteiger partial charge in [-0.25, -0.2) is 4.99 Å². The van der Waals surface area contributed by atoms with Crippen molar-refractivity contribution in [2.24, 2.45) is 16.5 Å². The molecule has 3 rings (SSSR count). The molecule has 154 valence electrons. The zero-order valence-electron chi connectivity index (χ0n) is 16.8. The Balaban J connectivity index is 1.67. The second-order valence-corrected chi connectivity index (χ2v) is 7.76. The summed E-state index contributed by atoms with van der Waals surface area (Å²) < 4.78 is 5.82. The van der Waals surface area contributed by atoms with Gasteiger partial charge < -0.3 is 26.6 Å². The molecule has 0 saturated carbocycles. The van der Waals surface area contributed by atoms with Crippen molar-refractivity contribution in [2.45, 2.75) is 50.9 Å². The molecule has 2 unspecified atom stereocenters. The lowest BCUT2D eigenvalue weighted by Crippen LogP contribution is -2.40. The van der Waals surface area contributed by atoms with E-state index in [9.17, 15) is 9.90 Å². The van der Waals surface area contributed by atoms with E-state index < -0.39 is 5.60 Å². The minimum Gasteiger partial charge on any atom is -0.439 e. The average molecular weight is 396 g/mol. The fourth-order valence-electron chi connectivity index (χ4n) is 3.03. The van der Waals surface area contributed by atoms with Crippen molar-refractivity contribution in [3.8, 4) is 0 Å². The van der Waals surface area contributed by atoms with Gasteiger partial charge in [0.25, 0.3) is 5.91 Å². The zero-order valence-corrected chi connectivity index (χ0v) is 16.8. The Morgan fingerprint density at radius 3 is 2.66 bits per heavy atom. The minimum atomic E-state index is -0.895. The summed E-state index contributed by atoms with van der Waals surface area (Å²) >= 11 is 0. The van der Waals surface area contributed by atoms with Crippen LogP contribution in [0.3, 0.4) is 0 Å². The van der Waals surface area contributed by atoms with Gasteiger partial charge in [0.1, 0.15) is 5.76 Å². The summed E-state index contributed by atoms with van der Waals surface area (Å²) in [6, 6.07) is 6.90. The van der Waals surface area contributed by atoms with E-state index in [1.165, 1.54) is 0 Å². The number of ether oxygens (including phenoxy) is 1. The number of allylic oxidation sites excluding steroid dienone is 1. The standard InChI is InChI=1S/C22H28N4O3/c1-22(2,28)15-7-5-14(6-8-15)13-26-20(27)17-4-3-11-25-21(17)29-16-9-10-18(23)19(24)12-16/h5-12,18-19,28H,3-4,13,23-24H2,1-2H3,(H,26,27). The molecule has 0 bridgehead atoms. The van der Waals surface area contributed by atoms with Crippen molar-refractivity contribution in [1.82, 2.24) is 5.32 Å². The molecule has 1 aromatic carbocycles. The van der Waals surface area contributed by atoms with Crippen LogP contribution >= 0.6 is 0 Å². The van der Waals surface area contributed by atoms with Crippen LogP contribution in [0, 0.1) is 0 Å². The van der Waals surface area contributed by atoms with Gasteiger partial charge in [-0.05, 0) is 50.0 Å². The van der Waals surface area contributed by atoms with Gasteiger partial charge in [-0.3, -0.25) is 4.79 Å². The predicted octanol–water partition coefficient (Wildman–Crippen LogP) is 1.73. The molecule has 0 fully saturated rings. The summed E-state index contributed by atoms with van der Waals surface area (Å²) in [5.41, 5.74) is 13.1. The molecule has 1 heterocycles. The fourth-order valence-corrected chi connectivity index (χ4v) is 3.03. The molecule has 0 radical (unpaired) electrons. The van der Waals surface area contributed by atoms with Crippen LogP contribution in [0.1, 0.15) is 37.8 Å². The molecule has 2 aliphatic rings. The third kappa shape index (κ3) is 5.41. The summed E-state index contributed by atoms with van der Waals surface area (Å²) in [5, 5.41) is 13.0. The van der Waals surface area contributed by atoms with Crippen molar-refractivity contribution in [1.29, 1.82) is 0 Å². The van der Waals surface area contributed by atoms with Gasteiger partial charge in [0.15, 0.2) is 0 Å². The Bertz CT molecular complexity index is 876. The second kappa shape index (κ2) is 8.73. The van der Waals surface area contributed by atoms with Crippen LogP contribution in [-0.4, -0.2) is 29.3 Å². The van der Waals surface area contributed by atoms with Gasteiger partial charge in [-0.1, -0.05) is 30.3 Å². The van der Waals surface area contributed by atoms with Crippen molar-refractivity contribution in [3.05, 3.63) is 70.8 Å². The fraction of sp³-hybridized carbons (Fsp3) is 0.364. The molecule has 7 nitrogen and oxygen atoms in total. The molecule has 1 amide bonds. The molecule has 6 N–H and O–H groups in total. The molecule has 1 aliphatic heterocycles. The number of carbonyl (C=O) groups excluding carboxylic acids is 1. The summed E-state index contributed by atoms with van der Waals surface area (Å²) in [6.07, 6.45) is 8.19. The maximum atomic E-state index is 12.7. The van der Waals surface area contributed by atoms with Gasteiger partial charge in [-0.2, -0.15) is 0 Å². The van der Waals surface area contributed by atoms with Gasteiger partial charge >= 0.3 is 0 Å². The topological polar surface area (TPSA) is 123 Å². The van der Waals surface area contributed by atoms with Crippen LogP contribution in [0.5, 0.6) is 0 Å². The third-order valence-electron chi connectivity index (χ3n) is 4.88. The van der Waals surface area contributed by atoms with E-state index in [2.05, 4.69) is 10.3 Å². The van der Waals surface area contributed by atoms with E-state index in [1.807, 2.05) is 24.3 Å². The first-order chi connectivity index (χ1) is 13.7. The van der Waals surface area contributed by atoms with Crippen molar-refractivity contribution in [2.75, 3.05) is 0 Å². The largest absolute Gasteiger partial charge is 0.439 e. The maximum absolute atomic E-state index is 12.7. The molecular weight excluding hydrogens is 368 g/mol. The molecule has 1 aliphatic carbocycles. The van der Waals surface area contributed by atoms with Gasteiger partial charge in [0.2, 0.25) is 5.88 Å². The predicted molar refractivity (Wildman–Crippen MR) is 113 cm³/mol. The number of hydrogen-bond donors (Lipinski definition) is 4. The molecule has 0 saturated heterocycles. The maximum Gasteiger partial charge on any atom is 0.252 e. The van der Waals surface area contributed by atoms with Crippen LogP contribution in [0.4, 0.5) is 0 Å². The Morgan fingerprint density at radius 1 is 1.28 bits per heavy atom. The number of nitrogens with two attached hydrogens (primary N) is 2. The number of hydrogen-bond acceptors (Lipinski definition) is 6. The first kappa shape index (κ1) is 21.0. The number of aliphatic hydroxyl groups is 1. The quantitative estimate of drug-likeness (QED) is 0.583. The normalized spacial score (nSPS) is 21.8. The molecule has 7 heteroatoms. The third-order valence-corrected chi connectivity index (χ3v) is 4.88. The van der Waals surface area contributed by atoms with Crippen LogP contribution in [0.2, 0.25) is 0 Å². The zero-order chi connectivity index (χ0) is 21.0. The van der Waals surface area contributed by atoms with Gasteiger partial charge in [0, 0.05) is 24.8 Å². The molecule has 0 aromatic heterocycles. The molecule has 1 aromatic rings. The van der Waals surface area contributed by atoms with Crippen LogP contribution in [0.15, 0.2) is 64.7 Å². The monoisotopic (exact) mass is 396 g/mol. The Labute approximate surface area is 170 Å². The number of nitrogens with one attached hydrogen (secondary N) is 1. The van der Waals surface area contributed by atoms with Crippen molar-refractivity contribution in [3.63, 3.8) is 0 Å². The first-order valence-corrected chi connectivity index (χ1v) is 9.69. The lowest BCUT2D eigenvalue weighted by atomic mass is 9.97. The summed E-state index contributed by atoms with van der Waals surface area (Å²) in [5.74, 6) is 0.593. The van der Waals surface area contributed by atoms with Crippen molar-refractivity contribution < 1.29 is 14.6 Å².